The summed E-state index contributed by atoms with van der Waals surface area (Å²) >= 11 is 0. The summed E-state index contributed by atoms with van der Waals surface area (Å²) < 4.78 is 89.1. The second kappa shape index (κ2) is 4.56. The molecule has 7 heteroatoms. The summed E-state index contributed by atoms with van der Waals surface area (Å²) in [6.07, 6.45) is -5.71. The fraction of sp³-hybridized carbons (Fsp3) is 1.00. The van der Waals surface area contributed by atoms with Crippen LogP contribution in [-0.4, -0.2) is 18.0 Å². The number of alkyl halides is 7. The topological polar surface area (TPSA) is 0 Å². The van der Waals surface area contributed by atoms with Gasteiger partial charge in [0.05, 0.1) is 0 Å². The molecule has 0 N–H and O–H groups in total. The highest BCUT2D eigenvalue weighted by Gasteiger charge is 2.75. The average molecular weight is 280 g/mol. The van der Waals surface area contributed by atoms with Crippen molar-refractivity contribution in [3.63, 3.8) is 0 Å². The Balaban J connectivity index is 3.04. The van der Waals surface area contributed by atoms with E-state index in [4.69, 9.17) is 0 Å². The van der Waals surface area contributed by atoms with E-state index in [-0.39, 0.29) is 18.8 Å². The molecular weight excluding hydrogens is 265 g/mol. The maximum Gasteiger partial charge on any atom is 0.459 e. The first-order valence-corrected chi connectivity index (χ1v) is 5.73. The zero-order valence-electron chi connectivity index (χ0n) is 10.00. The fourth-order valence-corrected chi connectivity index (χ4v) is 2.46. The van der Waals surface area contributed by atoms with Gasteiger partial charge in [0.25, 0.3) is 0 Å². The molecule has 1 fully saturated rings. The standard InChI is InChI=1S/C11H15F7/c1-6-3-4-7(2)8(5-6)9(12,13)10(14,15)11(16,17)18/h6-8H,3-5H2,1-2H3. The summed E-state index contributed by atoms with van der Waals surface area (Å²) in [5, 5.41) is 0. The SMILES string of the molecule is CC1CCC(C)C(C(F)(F)C(F)(F)C(F)(F)F)C1. The van der Waals surface area contributed by atoms with Crippen molar-refractivity contribution in [2.45, 2.75) is 51.1 Å². The molecule has 3 atom stereocenters. The van der Waals surface area contributed by atoms with E-state index in [2.05, 4.69) is 0 Å². The summed E-state index contributed by atoms with van der Waals surface area (Å²) in [7, 11) is 0. The van der Waals surface area contributed by atoms with Gasteiger partial charge in [-0.2, -0.15) is 30.7 Å². The Kier molecular flexibility index (Phi) is 3.94. The molecular formula is C11H15F7. The maximum atomic E-state index is 13.5. The Labute approximate surface area is 101 Å². The van der Waals surface area contributed by atoms with Gasteiger partial charge in [0.15, 0.2) is 0 Å². The van der Waals surface area contributed by atoms with Crippen molar-refractivity contribution in [3.05, 3.63) is 0 Å². The van der Waals surface area contributed by atoms with Crippen LogP contribution in [0.15, 0.2) is 0 Å². The minimum Gasteiger partial charge on any atom is -0.199 e. The minimum atomic E-state index is -6.23. The summed E-state index contributed by atoms with van der Waals surface area (Å²) in [6.45, 7) is 2.89. The highest BCUT2D eigenvalue weighted by Crippen LogP contribution is 2.54. The van der Waals surface area contributed by atoms with Crippen molar-refractivity contribution in [2.75, 3.05) is 0 Å². The van der Waals surface area contributed by atoms with Crippen molar-refractivity contribution in [1.29, 1.82) is 0 Å². The molecule has 0 spiro atoms. The third-order valence-electron chi connectivity index (χ3n) is 3.70. The largest absolute Gasteiger partial charge is 0.459 e. The van der Waals surface area contributed by atoms with Crippen LogP contribution in [0.3, 0.4) is 0 Å². The van der Waals surface area contributed by atoms with E-state index in [0.717, 1.165) is 0 Å². The smallest absolute Gasteiger partial charge is 0.199 e. The Morgan fingerprint density at radius 3 is 1.78 bits per heavy atom. The molecule has 1 saturated carbocycles. The molecule has 0 saturated heterocycles. The van der Waals surface area contributed by atoms with E-state index in [1.807, 2.05) is 0 Å². The maximum absolute atomic E-state index is 13.5. The van der Waals surface area contributed by atoms with Crippen LogP contribution in [0.2, 0.25) is 0 Å². The summed E-state index contributed by atoms with van der Waals surface area (Å²) in [4.78, 5) is 0. The molecule has 0 heterocycles. The lowest BCUT2D eigenvalue weighted by Crippen LogP contribution is -2.57. The third-order valence-corrected chi connectivity index (χ3v) is 3.70. The average Bonchev–Trinajstić information content (AvgIpc) is 2.19. The molecule has 0 nitrogen and oxygen atoms in total. The lowest BCUT2D eigenvalue weighted by molar-refractivity contribution is -0.370. The first-order valence-electron chi connectivity index (χ1n) is 5.73. The second-order valence-electron chi connectivity index (χ2n) is 5.20. The van der Waals surface area contributed by atoms with Gasteiger partial charge in [-0.3, -0.25) is 0 Å². The molecule has 3 unspecified atom stereocenters. The minimum absolute atomic E-state index is 0.245. The molecule has 1 aliphatic carbocycles. The lowest BCUT2D eigenvalue weighted by Gasteiger charge is -2.41. The number of halogens is 7. The third kappa shape index (κ3) is 2.45. The highest BCUT2D eigenvalue weighted by molar-refractivity contribution is 4.98. The first kappa shape index (κ1) is 15.6. The van der Waals surface area contributed by atoms with Crippen LogP contribution < -0.4 is 0 Å². The van der Waals surface area contributed by atoms with Gasteiger partial charge in [0.1, 0.15) is 0 Å². The van der Waals surface area contributed by atoms with Crippen molar-refractivity contribution in [3.8, 4) is 0 Å². The monoisotopic (exact) mass is 280 g/mol. The van der Waals surface area contributed by atoms with Crippen LogP contribution in [0.4, 0.5) is 30.7 Å². The summed E-state index contributed by atoms with van der Waals surface area (Å²) in [5.41, 5.74) is 0. The van der Waals surface area contributed by atoms with Gasteiger partial charge >= 0.3 is 18.0 Å². The van der Waals surface area contributed by atoms with Crippen molar-refractivity contribution in [1.82, 2.24) is 0 Å². The van der Waals surface area contributed by atoms with Gasteiger partial charge in [0, 0.05) is 5.92 Å². The highest BCUT2D eigenvalue weighted by atomic mass is 19.4. The van der Waals surface area contributed by atoms with E-state index < -0.39 is 29.9 Å². The van der Waals surface area contributed by atoms with Crippen LogP contribution in [0.25, 0.3) is 0 Å². The van der Waals surface area contributed by atoms with Crippen LogP contribution in [-0.2, 0) is 0 Å². The van der Waals surface area contributed by atoms with Gasteiger partial charge in [-0.15, -0.1) is 0 Å². The molecule has 0 aromatic rings. The quantitative estimate of drug-likeness (QED) is 0.632. The molecule has 1 rings (SSSR count). The normalized spacial score (nSPS) is 31.5. The Bertz CT molecular complexity index is 294. The van der Waals surface area contributed by atoms with Gasteiger partial charge in [-0.25, -0.2) is 0 Å². The van der Waals surface area contributed by atoms with Crippen molar-refractivity contribution >= 4 is 0 Å². The molecule has 0 bridgehead atoms. The lowest BCUT2D eigenvalue weighted by atomic mass is 9.71. The van der Waals surface area contributed by atoms with Gasteiger partial charge in [-0.05, 0) is 24.7 Å². The zero-order valence-corrected chi connectivity index (χ0v) is 10.00. The van der Waals surface area contributed by atoms with Gasteiger partial charge in [-0.1, -0.05) is 20.3 Å². The second-order valence-corrected chi connectivity index (χ2v) is 5.20. The Morgan fingerprint density at radius 2 is 1.33 bits per heavy atom. The Hall–Kier alpha value is -0.490. The molecule has 0 amide bonds. The predicted molar refractivity (Wildman–Crippen MR) is 51.6 cm³/mol. The van der Waals surface area contributed by atoms with Gasteiger partial charge < -0.3 is 0 Å². The zero-order chi connectivity index (χ0) is 14.4. The predicted octanol–water partition coefficient (Wildman–Crippen LogP) is 4.89. The molecule has 0 aliphatic heterocycles. The van der Waals surface area contributed by atoms with Crippen LogP contribution in [0.1, 0.15) is 33.1 Å². The van der Waals surface area contributed by atoms with Crippen molar-refractivity contribution < 1.29 is 30.7 Å². The van der Waals surface area contributed by atoms with Crippen LogP contribution >= 0.6 is 0 Å². The fourth-order valence-electron chi connectivity index (χ4n) is 2.46. The van der Waals surface area contributed by atoms with E-state index in [9.17, 15) is 30.7 Å². The van der Waals surface area contributed by atoms with E-state index in [1.54, 1.807) is 6.92 Å². The molecule has 18 heavy (non-hydrogen) atoms. The van der Waals surface area contributed by atoms with E-state index in [0.29, 0.717) is 6.42 Å². The van der Waals surface area contributed by atoms with Crippen LogP contribution in [0, 0.1) is 17.8 Å². The Morgan fingerprint density at radius 1 is 0.833 bits per heavy atom. The number of hydrogen-bond donors (Lipinski definition) is 0. The van der Waals surface area contributed by atoms with Gasteiger partial charge in [0.2, 0.25) is 0 Å². The number of hydrogen-bond acceptors (Lipinski definition) is 0. The molecule has 0 radical (unpaired) electrons. The number of rotatable bonds is 2. The molecule has 0 aromatic carbocycles. The van der Waals surface area contributed by atoms with E-state index >= 15 is 0 Å². The summed E-state index contributed by atoms with van der Waals surface area (Å²) in [5.74, 6) is -14.1. The molecule has 0 aromatic heterocycles. The summed E-state index contributed by atoms with van der Waals surface area (Å²) in [6, 6.07) is 0. The molecule has 108 valence electrons. The van der Waals surface area contributed by atoms with Crippen LogP contribution in [0.5, 0.6) is 0 Å². The van der Waals surface area contributed by atoms with Crippen molar-refractivity contribution in [2.24, 2.45) is 17.8 Å². The van der Waals surface area contributed by atoms with E-state index in [1.165, 1.54) is 6.92 Å². The molecule has 1 aliphatic rings. The first-order chi connectivity index (χ1) is 7.91.